The van der Waals surface area contributed by atoms with Gasteiger partial charge in [-0.05, 0) is 35.9 Å². The maximum Gasteiger partial charge on any atom is 0.368 e. The average molecular weight is 365 g/mol. The Morgan fingerprint density at radius 2 is 2.00 bits per heavy atom. The number of aromatic nitrogens is 4. The van der Waals surface area contributed by atoms with Gasteiger partial charge in [0.1, 0.15) is 6.54 Å². The number of sulfone groups is 1. The van der Waals surface area contributed by atoms with Gasteiger partial charge in [-0.25, -0.2) is 13.2 Å². The first kappa shape index (κ1) is 17.3. The van der Waals surface area contributed by atoms with Crippen LogP contribution in [0.4, 0.5) is 0 Å². The third-order valence-electron chi connectivity index (χ3n) is 4.24. The molecule has 2 aromatic rings. The maximum absolute atomic E-state index is 12.5. The highest BCUT2D eigenvalue weighted by Crippen LogP contribution is 2.18. The van der Waals surface area contributed by atoms with Gasteiger partial charge in [0.25, 0.3) is 0 Å². The minimum atomic E-state index is -3.09. The predicted octanol–water partition coefficient (Wildman–Crippen LogP) is -0.535. The van der Waals surface area contributed by atoms with Gasteiger partial charge in [-0.2, -0.15) is 9.36 Å². The Labute approximate surface area is 144 Å². The van der Waals surface area contributed by atoms with E-state index in [-0.39, 0.29) is 30.0 Å². The van der Waals surface area contributed by atoms with Crippen LogP contribution in [-0.2, 0) is 21.2 Å². The Kier molecular flexibility index (Phi) is 4.71. The molecule has 25 heavy (non-hydrogen) atoms. The molecule has 1 saturated heterocycles. The SMILES string of the molecule is CCN(C(=O)Cn1nnn(-c2ccccc2)c1=O)[C@@H]1CCS(=O)(=O)C1. The maximum atomic E-state index is 12.5. The molecule has 1 atom stereocenters. The summed E-state index contributed by atoms with van der Waals surface area (Å²) in [7, 11) is -3.09. The summed E-state index contributed by atoms with van der Waals surface area (Å²) < 4.78 is 25.4. The summed E-state index contributed by atoms with van der Waals surface area (Å²) in [5.41, 5.74) is 0.0371. The Morgan fingerprint density at radius 3 is 2.60 bits per heavy atom. The zero-order valence-electron chi connectivity index (χ0n) is 13.8. The van der Waals surface area contributed by atoms with Crippen LogP contribution in [0.15, 0.2) is 35.1 Å². The molecule has 0 N–H and O–H groups in total. The molecule has 9 nitrogen and oxygen atoms in total. The van der Waals surface area contributed by atoms with Gasteiger partial charge in [-0.1, -0.05) is 18.2 Å². The molecule has 1 aromatic carbocycles. The Morgan fingerprint density at radius 1 is 1.28 bits per heavy atom. The number of carbonyl (C=O) groups excluding carboxylic acids is 1. The summed E-state index contributed by atoms with van der Waals surface area (Å²) >= 11 is 0. The number of rotatable bonds is 5. The first-order chi connectivity index (χ1) is 11.9. The second-order valence-corrected chi connectivity index (χ2v) is 8.13. The Balaban J connectivity index is 1.77. The molecule has 0 unspecified atom stereocenters. The van der Waals surface area contributed by atoms with Gasteiger partial charge in [0.15, 0.2) is 9.84 Å². The molecule has 1 aromatic heterocycles. The van der Waals surface area contributed by atoms with E-state index in [4.69, 9.17) is 0 Å². The molecule has 1 fully saturated rings. The minimum Gasteiger partial charge on any atom is -0.337 e. The van der Waals surface area contributed by atoms with E-state index in [1.54, 1.807) is 31.2 Å². The molecule has 10 heteroatoms. The van der Waals surface area contributed by atoms with Crippen molar-refractivity contribution in [2.45, 2.75) is 25.9 Å². The Bertz CT molecular complexity index is 919. The summed E-state index contributed by atoms with van der Waals surface area (Å²) in [6, 6.07) is 8.43. The largest absolute Gasteiger partial charge is 0.368 e. The fourth-order valence-corrected chi connectivity index (χ4v) is 4.71. The molecule has 1 aliphatic heterocycles. The number of carbonyl (C=O) groups is 1. The average Bonchev–Trinajstić information content (AvgIpc) is 3.12. The van der Waals surface area contributed by atoms with E-state index in [2.05, 4.69) is 10.4 Å². The fraction of sp³-hybridized carbons (Fsp3) is 0.467. The first-order valence-electron chi connectivity index (χ1n) is 7.99. The van der Waals surface area contributed by atoms with Crippen LogP contribution in [0, 0.1) is 0 Å². The normalized spacial score (nSPS) is 19.0. The quantitative estimate of drug-likeness (QED) is 0.705. The van der Waals surface area contributed by atoms with Gasteiger partial charge in [-0.3, -0.25) is 4.79 Å². The molecule has 0 spiro atoms. The van der Waals surface area contributed by atoms with E-state index in [1.807, 2.05) is 6.07 Å². The monoisotopic (exact) mass is 365 g/mol. The molecule has 1 aliphatic rings. The number of benzene rings is 1. The number of likely N-dealkylation sites (N-methyl/N-ethyl adjacent to an activating group) is 1. The summed E-state index contributed by atoms with van der Waals surface area (Å²) in [5.74, 6) is -0.282. The van der Waals surface area contributed by atoms with E-state index in [0.717, 1.165) is 9.36 Å². The molecule has 2 heterocycles. The van der Waals surface area contributed by atoms with E-state index >= 15 is 0 Å². The van der Waals surface area contributed by atoms with Crippen molar-refractivity contribution in [2.75, 3.05) is 18.1 Å². The highest BCUT2D eigenvalue weighted by molar-refractivity contribution is 7.91. The summed E-state index contributed by atoms with van der Waals surface area (Å²) in [6.45, 7) is 1.89. The van der Waals surface area contributed by atoms with Gasteiger partial charge in [0.2, 0.25) is 5.91 Å². The third kappa shape index (κ3) is 3.63. The molecule has 3 rings (SSSR count). The van der Waals surface area contributed by atoms with Crippen molar-refractivity contribution in [3.63, 3.8) is 0 Å². The zero-order chi connectivity index (χ0) is 18.0. The summed E-state index contributed by atoms with van der Waals surface area (Å²) in [6.07, 6.45) is 0.424. The van der Waals surface area contributed by atoms with Gasteiger partial charge >= 0.3 is 5.69 Å². The number of hydrogen-bond acceptors (Lipinski definition) is 6. The van der Waals surface area contributed by atoms with Crippen LogP contribution in [0.3, 0.4) is 0 Å². The van der Waals surface area contributed by atoms with Crippen LogP contribution < -0.4 is 5.69 Å². The lowest BCUT2D eigenvalue weighted by molar-refractivity contribution is -0.133. The second-order valence-electron chi connectivity index (χ2n) is 5.90. The van der Waals surface area contributed by atoms with Crippen LogP contribution in [0.1, 0.15) is 13.3 Å². The standard InChI is InChI=1S/C15H19N5O4S/c1-2-18(13-8-9-25(23,24)11-13)14(21)10-19-15(22)20(17-16-19)12-6-4-3-5-7-12/h3-7,13H,2,8-11H2,1H3/t13-/m1/s1. The molecular formula is C15H19N5O4S. The van der Waals surface area contributed by atoms with Crippen LogP contribution in [0.2, 0.25) is 0 Å². The fourth-order valence-electron chi connectivity index (χ4n) is 2.98. The summed E-state index contributed by atoms with van der Waals surface area (Å²) in [4.78, 5) is 26.4. The molecule has 0 bridgehead atoms. The number of amides is 1. The molecule has 0 aliphatic carbocycles. The van der Waals surface area contributed by atoms with Gasteiger partial charge in [-0.15, -0.1) is 0 Å². The topological polar surface area (TPSA) is 107 Å². The van der Waals surface area contributed by atoms with Crippen LogP contribution in [-0.4, -0.2) is 63.1 Å². The summed E-state index contributed by atoms with van der Waals surface area (Å²) in [5, 5.41) is 7.55. The van der Waals surface area contributed by atoms with E-state index in [9.17, 15) is 18.0 Å². The number of nitrogens with zero attached hydrogens (tertiary/aromatic N) is 5. The number of para-hydroxylation sites is 1. The van der Waals surface area contributed by atoms with Crippen molar-refractivity contribution in [1.29, 1.82) is 0 Å². The van der Waals surface area contributed by atoms with E-state index in [0.29, 0.717) is 18.7 Å². The van der Waals surface area contributed by atoms with Crippen LogP contribution >= 0.6 is 0 Å². The number of hydrogen-bond donors (Lipinski definition) is 0. The van der Waals surface area contributed by atoms with Crippen molar-refractivity contribution < 1.29 is 13.2 Å². The molecule has 0 radical (unpaired) electrons. The smallest absolute Gasteiger partial charge is 0.337 e. The highest BCUT2D eigenvalue weighted by Gasteiger charge is 2.34. The minimum absolute atomic E-state index is 0.0296. The van der Waals surface area contributed by atoms with Gasteiger partial charge in [0.05, 0.1) is 17.2 Å². The third-order valence-corrected chi connectivity index (χ3v) is 5.99. The highest BCUT2D eigenvalue weighted by atomic mass is 32.2. The van der Waals surface area contributed by atoms with Crippen molar-refractivity contribution in [3.05, 3.63) is 40.8 Å². The molecule has 1 amide bonds. The van der Waals surface area contributed by atoms with E-state index < -0.39 is 15.5 Å². The molecular weight excluding hydrogens is 346 g/mol. The predicted molar refractivity (Wildman–Crippen MR) is 90.1 cm³/mol. The van der Waals surface area contributed by atoms with Crippen molar-refractivity contribution in [1.82, 2.24) is 24.7 Å². The van der Waals surface area contributed by atoms with Crippen molar-refractivity contribution in [3.8, 4) is 5.69 Å². The molecule has 0 saturated carbocycles. The molecule has 134 valence electrons. The van der Waals surface area contributed by atoms with Gasteiger partial charge in [0, 0.05) is 12.6 Å². The van der Waals surface area contributed by atoms with Crippen molar-refractivity contribution >= 4 is 15.7 Å². The lowest BCUT2D eigenvalue weighted by Crippen LogP contribution is -2.44. The zero-order valence-corrected chi connectivity index (χ0v) is 14.6. The lowest BCUT2D eigenvalue weighted by Gasteiger charge is -2.26. The van der Waals surface area contributed by atoms with Crippen LogP contribution in [0.5, 0.6) is 0 Å². The van der Waals surface area contributed by atoms with Crippen LogP contribution in [0.25, 0.3) is 5.69 Å². The van der Waals surface area contributed by atoms with E-state index in [1.165, 1.54) is 4.90 Å². The second kappa shape index (κ2) is 6.79. The van der Waals surface area contributed by atoms with Crippen molar-refractivity contribution in [2.24, 2.45) is 0 Å². The van der Waals surface area contributed by atoms with Gasteiger partial charge < -0.3 is 4.90 Å². The number of tetrazole rings is 1. The lowest BCUT2D eigenvalue weighted by atomic mass is 10.2. The first-order valence-corrected chi connectivity index (χ1v) is 9.81. The Hall–Kier alpha value is -2.49.